The molecule has 2 amide bonds. The van der Waals surface area contributed by atoms with Gasteiger partial charge >= 0.3 is 0 Å². The molecular formula is C14H17BrN2O3. The van der Waals surface area contributed by atoms with Crippen molar-refractivity contribution >= 4 is 27.7 Å². The number of halogens is 1. The molecule has 1 heterocycles. The largest absolute Gasteiger partial charge is 0.492 e. The van der Waals surface area contributed by atoms with Crippen LogP contribution in [-0.2, 0) is 9.59 Å². The van der Waals surface area contributed by atoms with Gasteiger partial charge in [-0.25, -0.2) is 0 Å². The van der Waals surface area contributed by atoms with Crippen LogP contribution in [0.5, 0.6) is 5.75 Å². The van der Waals surface area contributed by atoms with Gasteiger partial charge in [0, 0.05) is 24.5 Å². The van der Waals surface area contributed by atoms with E-state index in [1.54, 1.807) is 11.9 Å². The van der Waals surface area contributed by atoms with Gasteiger partial charge in [-0.15, -0.1) is 0 Å². The maximum atomic E-state index is 11.8. The molecule has 108 valence electrons. The number of rotatable bonds is 5. The number of carbonyl (C=O) groups excluding carboxylic acids is 2. The first-order valence-corrected chi connectivity index (χ1v) is 7.25. The molecule has 0 bridgehead atoms. The van der Waals surface area contributed by atoms with Gasteiger partial charge in [-0.2, -0.15) is 0 Å². The second kappa shape index (κ2) is 6.74. The number of nitrogens with one attached hydrogen (secondary N) is 1. The molecule has 6 heteroatoms. The van der Waals surface area contributed by atoms with Gasteiger partial charge in [-0.1, -0.05) is 22.0 Å². The molecule has 1 aromatic rings. The van der Waals surface area contributed by atoms with Crippen LogP contribution in [0.25, 0.3) is 0 Å². The predicted molar refractivity (Wildman–Crippen MR) is 78.4 cm³/mol. The highest BCUT2D eigenvalue weighted by atomic mass is 79.9. The van der Waals surface area contributed by atoms with Gasteiger partial charge in [0.25, 0.3) is 0 Å². The summed E-state index contributed by atoms with van der Waals surface area (Å²) < 4.78 is 6.47. The highest BCUT2D eigenvalue weighted by Crippen LogP contribution is 2.18. The molecule has 0 aromatic heterocycles. The normalized spacial score (nSPS) is 18.2. The minimum atomic E-state index is -0.238. The van der Waals surface area contributed by atoms with E-state index in [4.69, 9.17) is 4.74 Å². The van der Waals surface area contributed by atoms with E-state index in [9.17, 15) is 9.59 Å². The smallest absolute Gasteiger partial charge is 0.225 e. The number of amides is 2. The van der Waals surface area contributed by atoms with Crippen molar-refractivity contribution in [3.05, 3.63) is 28.7 Å². The van der Waals surface area contributed by atoms with Crippen molar-refractivity contribution in [1.29, 1.82) is 0 Å². The number of likely N-dealkylation sites (tertiary alicyclic amines) is 1. The summed E-state index contributed by atoms with van der Waals surface area (Å²) in [5.41, 5.74) is 0. The zero-order valence-electron chi connectivity index (χ0n) is 11.3. The van der Waals surface area contributed by atoms with Crippen molar-refractivity contribution in [2.24, 2.45) is 5.92 Å². The first-order chi connectivity index (χ1) is 9.56. The lowest BCUT2D eigenvalue weighted by atomic mass is 10.1. The monoisotopic (exact) mass is 340 g/mol. The molecule has 0 radical (unpaired) electrons. The Morgan fingerprint density at radius 3 is 3.00 bits per heavy atom. The Morgan fingerprint density at radius 1 is 1.55 bits per heavy atom. The summed E-state index contributed by atoms with van der Waals surface area (Å²) in [7, 11) is 1.71. The molecule has 1 atom stereocenters. The lowest BCUT2D eigenvalue weighted by Crippen LogP contribution is -2.34. The minimum Gasteiger partial charge on any atom is -0.492 e. The summed E-state index contributed by atoms with van der Waals surface area (Å²) >= 11 is 3.36. The predicted octanol–water partition coefficient (Wildman–Crippen LogP) is 1.42. The Labute approximate surface area is 126 Å². The van der Waals surface area contributed by atoms with Gasteiger partial charge in [-0.3, -0.25) is 9.59 Å². The van der Waals surface area contributed by atoms with Crippen LogP contribution in [0.1, 0.15) is 6.42 Å². The van der Waals surface area contributed by atoms with E-state index in [2.05, 4.69) is 21.2 Å². The van der Waals surface area contributed by atoms with Crippen LogP contribution in [0.2, 0.25) is 0 Å². The average Bonchev–Trinajstić information content (AvgIpc) is 2.75. The Bertz CT molecular complexity index is 507. The fraction of sp³-hybridized carbons (Fsp3) is 0.429. The first kappa shape index (κ1) is 14.8. The SMILES string of the molecule is CN1C[C@H](C(=O)NCCOc2cccc(Br)c2)CC1=O. The molecule has 1 saturated heterocycles. The summed E-state index contributed by atoms with van der Waals surface area (Å²) in [6.45, 7) is 1.33. The lowest BCUT2D eigenvalue weighted by molar-refractivity contribution is -0.128. The van der Waals surface area contributed by atoms with E-state index in [-0.39, 0.29) is 17.7 Å². The fourth-order valence-corrected chi connectivity index (χ4v) is 2.46. The van der Waals surface area contributed by atoms with Crippen LogP contribution in [0.15, 0.2) is 28.7 Å². The van der Waals surface area contributed by atoms with Crippen LogP contribution in [0.3, 0.4) is 0 Å². The van der Waals surface area contributed by atoms with E-state index >= 15 is 0 Å². The topological polar surface area (TPSA) is 58.6 Å². The Kier molecular flexibility index (Phi) is 5.00. The first-order valence-electron chi connectivity index (χ1n) is 6.46. The maximum Gasteiger partial charge on any atom is 0.225 e. The van der Waals surface area contributed by atoms with E-state index in [0.29, 0.717) is 26.1 Å². The highest BCUT2D eigenvalue weighted by Gasteiger charge is 2.31. The van der Waals surface area contributed by atoms with Gasteiger partial charge < -0.3 is 15.0 Å². The minimum absolute atomic E-state index is 0.0236. The van der Waals surface area contributed by atoms with Crippen LogP contribution in [0, 0.1) is 5.92 Å². The lowest BCUT2D eigenvalue weighted by Gasteiger charge is -2.11. The van der Waals surface area contributed by atoms with Gasteiger partial charge in [0.15, 0.2) is 0 Å². The third-order valence-corrected chi connectivity index (χ3v) is 3.67. The second-order valence-corrected chi connectivity index (χ2v) is 5.69. The molecule has 0 unspecified atom stereocenters. The molecule has 5 nitrogen and oxygen atoms in total. The van der Waals surface area contributed by atoms with Crippen molar-refractivity contribution in [3.63, 3.8) is 0 Å². The van der Waals surface area contributed by atoms with Crippen LogP contribution in [-0.4, -0.2) is 43.5 Å². The van der Waals surface area contributed by atoms with E-state index in [1.165, 1.54) is 0 Å². The summed E-state index contributed by atoms with van der Waals surface area (Å²) in [5, 5.41) is 2.80. The van der Waals surface area contributed by atoms with Gasteiger partial charge in [-0.05, 0) is 18.2 Å². The molecule has 1 N–H and O–H groups in total. The van der Waals surface area contributed by atoms with Crippen molar-refractivity contribution in [2.75, 3.05) is 26.7 Å². The Hall–Kier alpha value is -1.56. The maximum absolute atomic E-state index is 11.8. The molecular weight excluding hydrogens is 324 g/mol. The summed E-state index contributed by atoms with van der Waals surface area (Å²) in [4.78, 5) is 24.8. The molecule has 1 aromatic carbocycles. The van der Waals surface area contributed by atoms with Crippen LogP contribution in [0.4, 0.5) is 0 Å². The van der Waals surface area contributed by atoms with Crippen molar-refractivity contribution in [2.45, 2.75) is 6.42 Å². The summed E-state index contributed by atoms with van der Waals surface area (Å²) in [6, 6.07) is 7.53. The third-order valence-electron chi connectivity index (χ3n) is 3.18. The Balaban J connectivity index is 1.68. The summed E-state index contributed by atoms with van der Waals surface area (Å²) in [5.74, 6) is 0.457. The molecule has 1 fully saturated rings. The number of carbonyl (C=O) groups is 2. The highest BCUT2D eigenvalue weighted by molar-refractivity contribution is 9.10. The van der Waals surface area contributed by atoms with E-state index < -0.39 is 0 Å². The molecule has 1 aliphatic rings. The molecule has 20 heavy (non-hydrogen) atoms. The zero-order chi connectivity index (χ0) is 14.5. The fourth-order valence-electron chi connectivity index (χ4n) is 2.08. The van der Waals surface area contributed by atoms with Crippen LogP contribution >= 0.6 is 15.9 Å². The second-order valence-electron chi connectivity index (χ2n) is 4.77. The van der Waals surface area contributed by atoms with Crippen molar-refractivity contribution in [1.82, 2.24) is 10.2 Å². The van der Waals surface area contributed by atoms with Gasteiger partial charge in [0.2, 0.25) is 11.8 Å². The van der Waals surface area contributed by atoms with E-state index in [0.717, 1.165) is 10.2 Å². The number of ether oxygens (including phenoxy) is 1. The molecule has 0 saturated carbocycles. The van der Waals surface area contributed by atoms with Crippen LogP contribution < -0.4 is 10.1 Å². The number of hydrogen-bond donors (Lipinski definition) is 1. The van der Waals surface area contributed by atoms with Gasteiger partial charge in [0.05, 0.1) is 12.5 Å². The Morgan fingerprint density at radius 2 is 2.35 bits per heavy atom. The quantitative estimate of drug-likeness (QED) is 0.825. The number of hydrogen-bond acceptors (Lipinski definition) is 3. The van der Waals surface area contributed by atoms with E-state index in [1.807, 2.05) is 24.3 Å². The number of benzene rings is 1. The summed E-state index contributed by atoms with van der Waals surface area (Å²) in [6.07, 6.45) is 0.300. The average molecular weight is 341 g/mol. The molecule has 0 aliphatic carbocycles. The zero-order valence-corrected chi connectivity index (χ0v) is 12.9. The van der Waals surface area contributed by atoms with Crippen molar-refractivity contribution in [3.8, 4) is 5.75 Å². The van der Waals surface area contributed by atoms with Gasteiger partial charge in [0.1, 0.15) is 12.4 Å². The standard InChI is InChI=1S/C14H17BrN2O3/c1-17-9-10(7-13(17)18)14(19)16-5-6-20-12-4-2-3-11(15)8-12/h2-4,8,10H,5-7,9H2,1H3,(H,16,19)/t10-/m1/s1. The van der Waals surface area contributed by atoms with Crippen molar-refractivity contribution < 1.29 is 14.3 Å². The third kappa shape index (κ3) is 3.96. The molecule has 2 rings (SSSR count). The molecule has 0 spiro atoms. The number of nitrogens with zero attached hydrogens (tertiary/aromatic N) is 1. The molecule has 1 aliphatic heterocycles.